The molecule has 2 aromatic rings. The van der Waals surface area contributed by atoms with Crippen molar-refractivity contribution in [3.63, 3.8) is 0 Å². The number of rotatable bonds is 3. The van der Waals surface area contributed by atoms with Crippen LogP contribution in [0.25, 0.3) is 0 Å². The van der Waals surface area contributed by atoms with Gasteiger partial charge < -0.3 is 0 Å². The lowest BCUT2D eigenvalue weighted by molar-refractivity contribution is 0.969. The Morgan fingerprint density at radius 3 is 3.07 bits per heavy atom. The number of nitrogens with one attached hydrogen (secondary N) is 1. The van der Waals surface area contributed by atoms with Crippen molar-refractivity contribution in [2.75, 3.05) is 0 Å². The van der Waals surface area contributed by atoms with Crippen LogP contribution in [0.5, 0.6) is 0 Å². The maximum absolute atomic E-state index is 5.92. The lowest BCUT2D eigenvalue weighted by Crippen LogP contribution is -1.86. The zero-order valence-electron chi connectivity index (χ0n) is 8.07. The second kappa shape index (κ2) is 4.63. The van der Waals surface area contributed by atoms with E-state index in [4.69, 9.17) is 11.6 Å². The first kappa shape index (κ1) is 10.4. The quantitative estimate of drug-likeness (QED) is 0.662. The van der Waals surface area contributed by atoms with E-state index in [2.05, 4.69) is 20.2 Å². The summed E-state index contributed by atoms with van der Waals surface area (Å²) in [5, 5.41) is 8.08. The Bertz CT molecular complexity index is 457. The van der Waals surface area contributed by atoms with Crippen molar-refractivity contribution in [2.45, 2.75) is 17.8 Å². The third-order valence-corrected chi connectivity index (χ3v) is 3.01. The van der Waals surface area contributed by atoms with Gasteiger partial charge in [-0.05, 0) is 18.6 Å². The van der Waals surface area contributed by atoms with E-state index < -0.39 is 0 Å². The monoisotopic (exact) mass is 240 g/mol. The summed E-state index contributed by atoms with van der Waals surface area (Å²) in [5.41, 5.74) is 0.992. The molecule has 0 fully saturated rings. The van der Waals surface area contributed by atoms with Crippen LogP contribution in [0.2, 0.25) is 5.15 Å². The van der Waals surface area contributed by atoms with Crippen LogP contribution in [0.15, 0.2) is 23.5 Å². The molecular formula is C9H9ClN4S. The summed E-state index contributed by atoms with van der Waals surface area (Å²) in [6.45, 7) is 1.87. The zero-order chi connectivity index (χ0) is 10.7. The molecule has 0 aliphatic rings. The molecule has 0 aromatic carbocycles. The largest absolute Gasteiger partial charge is 0.262 e. The smallest absolute Gasteiger partial charge is 0.208 e. The average Bonchev–Trinajstić information content (AvgIpc) is 2.63. The zero-order valence-corrected chi connectivity index (χ0v) is 9.64. The molecule has 15 heavy (non-hydrogen) atoms. The molecule has 1 N–H and O–H groups in total. The topological polar surface area (TPSA) is 54.5 Å². The van der Waals surface area contributed by atoms with Crippen LogP contribution >= 0.6 is 23.4 Å². The van der Waals surface area contributed by atoms with E-state index in [0.29, 0.717) is 5.15 Å². The van der Waals surface area contributed by atoms with Crippen molar-refractivity contribution in [1.29, 1.82) is 0 Å². The van der Waals surface area contributed by atoms with Gasteiger partial charge in [0.15, 0.2) is 0 Å². The maximum Gasteiger partial charge on any atom is 0.208 e. The second-order valence-electron chi connectivity index (χ2n) is 2.95. The van der Waals surface area contributed by atoms with Gasteiger partial charge in [0.05, 0.1) is 0 Å². The average molecular weight is 241 g/mol. The van der Waals surface area contributed by atoms with Crippen molar-refractivity contribution in [3.8, 4) is 0 Å². The molecule has 0 unspecified atom stereocenters. The number of nitrogens with zero attached hydrogens (tertiary/aromatic N) is 3. The molecule has 0 radical (unpaired) electrons. The highest BCUT2D eigenvalue weighted by molar-refractivity contribution is 7.98. The molecular weight excluding hydrogens is 232 g/mol. The summed E-state index contributed by atoms with van der Waals surface area (Å²) >= 11 is 7.45. The second-order valence-corrected chi connectivity index (χ2v) is 4.25. The number of halogens is 1. The van der Waals surface area contributed by atoms with Gasteiger partial charge in [0.25, 0.3) is 0 Å². The van der Waals surface area contributed by atoms with Crippen LogP contribution in [-0.2, 0) is 5.75 Å². The fourth-order valence-electron chi connectivity index (χ4n) is 1.06. The minimum absolute atomic E-state index is 0.539. The maximum atomic E-state index is 5.92. The highest BCUT2D eigenvalue weighted by Crippen LogP contribution is 2.22. The highest BCUT2D eigenvalue weighted by Gasteiger charge is 2.04. The first-order valence-electron chi connectivity index (χ1n) is 4.37. The molecule has 0 aliphatic carbocycles. The van der Waals surface area contributed by atoms with Crippen molar-refractivity contribution in [3.05, 3.63) is 34.9 Å². The Hall–Kier alpha value is -1.07. The molecule has 2 heterocycles. The number of H-pyrrole nitrogens is 1. The molecule has 0 aliphatic heterocycles. The summed E-state index contributed by atoms with van der Waals surface area (Å²) in [6.07, 6.45) is 1.67. The van der Waals surface area contributed by atoms with E-state index in [1.807, 2.05) is 19.1 Å². The van der Waals surface area contributed by atoms with E-state index in [-0.39, 0.29) is 0 Å². The first-order chi connectivity index (χ1) is 7.25. The highest BCUT2D eigenvalue weighted by atomic mass is 35.5. The van der Waals surface area contributed by atoms with Crippen LogP contribution in [0.1, 0.15) is 11.4 Å². The third-order valence-electron chi connectivity index (χ3n) is 1.77. The lowest BCUT2D eigenvalue weighted by Gasteiger charge is -1.99. The van der Waals surface area contributed by atoms with Crippen molar-refractivity contribution in [2.24, 2.45) is 0 Å². The van der Waals surface area contributed by atoms with E-state index in [9.17, 15) is 0 Å². The summed E-state index contributed by atoms with van der Waals surface area (Å²) in [4.78, 5) is 8.19. The van der Waals surface area contributed by atoms with Gasteiger partial charge in [-0.3, -0.25) is 5.10 Å². The van der Waals surface area contributed by atoms with Crippen molar-refractivity contribution >= 4 is 23.4 Å². The van der Waals surface area contributed by atoms with E-state index in [1.165, 1.54) is 11.8 Å². The molecule has 2 rings (SSSR count). The van der Waals surface area contributed by atoms with Gasteiger partial charge >= 0.3 is 0 Å². The molecule has 0 saturated carbocycles. The summed E-state index contributed by atoms with van der Waals surface area (Å²) in [5.74, 6) is 1.54. The fourth-order valence-corrected chi connectivity index (χ4v) is 2.15. The molecule has 0 spiro atoms. The van der Waals surface area contributed by atoms with Gasteiger partial charge in [-0.2, -0.15) is 0 Å². The van der Waals surface area contributed by atoms with E-state index in [0.717, 1.165) is 22.3 Å². The first-order valence-corrected chi connectivity index (χ1v) is 5.73. The Morgan fingerprint density at radius 1 is 1.53 bits per heavy atom. The number of aromatic nitrogens is 4. The molecule has 78 valence electrons. The van der Waals surface area contributed by atoms with E-state index >= 15 is 0 Å². The molecule has 0 amide bonds. The Balaban J connectivity index is 2.02. The van der Waals surface area contributed by atoms with Crippen LogP contribution in [0.3, 0.4) is 0 Å². The van der Waals surface area contributed by atoms with Gasteiger partial charge in [0, 0.05) is 11.9 Å². The van der Waals surface area contributed by atoms with Gasteiger partial charge in [-0.1, -0.05) is 29.4 Å². The lowest BCUT2D eigenvalue weighted by atomic mass is 10.3. The predicted octanol–water partition coefficient (Wildman–Crippen LogP) is 2.45. The molecule has 0 bridgehead atoms. The summed E-state index contributed by atoms with van der Waals surface area (Å²) in [7, 11) is 0. The van der Waals surface area contributed by atoms with Gasteiger partial charge in [0.2, 0.25) is 5.16 Å². The minimum atomic E-state index is 0.539. The van der Waals surface area contributed by atoms with Crippen LogP contribution in [-0.4, -0.2) is 20.2 Å². The fraction of sp³-hybridized carbons (Fsp3) is 0.222. The van der Waals surface area contributed by atoms with Crippen LogP contribution in [0, 0.1) is 6.92 Å². The summed E-state index contributed by atoms with van der Waals surface area (Å²) < 4.78 is 0. The normalized spacial score (nSPS) is 10.5. The molecule has 6 heteroatoms. The van der Waals surface area contributed by atoms with E-state index in [1.54, 1.807) is 6.20 Å². The number of aryl methyl sites for hydroxylation is 1. The van der Waals surface area contributed by atoms with Gasteiger partial charge in [0.1, 0.15) is 11.0 Å². The number of hydrogen-bond acceptors (Lipinski definition) is 4. The summed E-state index contributed by atoms with van der Waals surface area (Å²) in [6, 6.07) is 3.81. The number of hydrogen-bond donors (Lipinski definition) is 1. The third kappa shape index (κ3) is 2.70. The van der Waals surface area contributed by atoms with Gasteiger partial charge in [-0.15, -0.1) is 5.10 Å². The molecule has 2 aromatic heterocycles. The van der Waals surface area contributed by atoms with Crippen LogP contribution < -0.4 is 0 Å². The van der Waals surface area contributed by atoms with Gasteiger partial charge in [-0.25, -0.2) is 9.97 Å². The predicted molar refractivity (Wildman–Crippen MR) is 59.9 cm³/mol. The number of aromatic amines is 1. The SMILES string of the molecule is Cc1nc(SCc2cccnc2Cl)n[nH]1. The standard InChI is InChI=1S/C9H9ClN4S/c1-6-12-9(14-13-6)15-5-7-3-2-4-11-8(7)10/h2-4H,5H2,1H3,(H,12,13,14). The molecule has 4 nitrogen and oxygen atoms in total. The minimum Gasteiger partial charge on any atom is -0.262 e. The molecule has 0 saturated heterocycles. The molecule has 0 atom stereocenters. The van der Waals surface area contributed by atoms with Crippen LogP contribution in [0.4, 0.5) is 0 Å². The Labute approximate surface area is 96.5 Å². The van der Waals surface area contributed by atoms with Crippen molar-refractivity contribution < 1.29 is 0 Å². The Morgan fingerprint density at radius 2 is 2.40 bits per heavy atom. The number of pyridine rings is 1. The number of thioether (sulfide) groups is 1. The Kier molecular flexibility index (Phi) is 3.23. The van der Waals surface area contributed by atoms with Crippen molar-refractivity contribution in [1.82, 2.24) is 20.2 Å².